The highest BCUT2D eigenvalue weighted by Gasteiger charge is 2.12. The molecule has 0 radical (unpaired) electrons. The Hall–Kier alpha value is -1.48. The van der Waals surface area contributed by atoms with Crippen LogP contribution in [0.25, 0.3) is 11.3 Å². The lowest BCUT2D eigenvalue weighted by Gasteiger charge is -2.01. The molecule has 0 aliphatic carbocycles. The van der Waals surface area contributed by atoms with Crippen molar-refractivity contribution in [3.63, 3.8) is 0 Å². The number of oxazole rings is 1. The van der Waals surface area contributed by atoms with Gasteiger partial charge in [0.2, 0.25) is 0 Å². The fourth-order valence-corrected chi connectivity index (χ4v) is 1.72. The van der Waals surface area contributed by atoms with Gasteiger partial charge in [-0.1, -0.05) is 36.7 Å². The highest BCUT2D eigenvalue weighted by Crippen LogP contribution is 2.28. The third-order valence-electron chi connectivity index (χ3n) is 2.19. The van der Waals surface area contributed by atoms with Crippen LogP contribution in [0.1, 0.15) is 12.7 Å². The Balaban J connectivity index is 2.63. The number of aryl methyl sites for hydroxylation is 1. The van der Waals surface area contributed by atoms with Crippen molar-refractivity contribution in [3.8, 4) is 11.3 Å². The van der Waals surface area contributed by atoms with E-state index in [2.05, 4.69) is 4.98 Å². The Bertz CT molecular complexity index is 527. The number of halogens is 1. The number of aromatic amines is 1. The lowest BCUT2D eigenvalue weighted by atomic mass is 10.1. The monoisotopic (exact) mass is 223 g/mol. The van der Waals surface area contributed by atoms with Gasteiger partial charge in [-0.3, -0.25) is 4.98 Å². The first-order valence-corrected chi connectivity index (χ1v) is 5.07. The van der Waals surface area contributed by atoms with Crippen molar-refractivity contribution >= 4 is 11.6 Å². The Labute approximate surface area is 91.7 Å². The van der Waals surface area contributed by atoms with Crippen molar-refractivity contribution < 1.29 is 4.42 Å². The van der Waals surface area contributed by atoms with Crippen molar-refractivity contribution in [3.05, 3.63) is 45.6 Å². The summed E-state index contributed by atoms with van der Waals surface area (Å²) in [5.74, 6) is 0.190. The quantitative estimate of drug-likeness (QED) is 0.851. The zero-order valence-corrected chi connectivity index (χ0v) is 8.97. The number of nitrogens with one attached hydrogen (secondary N) is 1. The van der Waals surface area contributed by atoms with Gasteiger partial charge in [0, 0.05) is 12.0 Å². The molecular formula is C11H10ClNO2. The SMILES string of the molecule is CCc1oc(=O)[nH]c1-c1ccccc1Cl. The lowest BCUT2D eigenvalue weighted by molar-refractivity contribution is 0.474. The molecule has 1 aromatic heterocycles. The third kappa shape index (κ3) is 1.83. The minimum atomic E-state index is -0.443. The maximum absolute atomic E-state index is 11.1. The van der Waals surface area contributed by atoms with E-state index >= 15 is 0 Å². The van der Waals surface area contributed by atoms with E-state index in [-0.39, 0.29) is 0 Å². The summed E-state index contributed by atoms with van der Waals surface area (Å²) in [6.07, 6.45) is 0.652. The summed E-state index contributed by atoms with van der Waals surface area (Å²) in [6.45, 7) is 1.92. The van der Waals surface area contributed by atoms with Gasteiger partial charge in [-0.15, -0.1) is 0 Å². The topological polar surface area (TPSA) is 46.0 Å². The summed E-state index contributed by atoms with van der Waals surface area (Å²) in [5, 5.41) is 0.601. The van der Waals surface area contributed by atoms with E-state index in [1.165, 1.54) is 0 Å². The van der Waals surface area contributed by atoms with Gasteiger partial charge in [-0.2, -0.15) is 0 Å². The van der Waals surface area contributed by atoms with Gasteiger partial charge < -0.3 is 4.42 Å². The van der Waals surface area contributed by atoms with E-state index in [9.17, 15) is 4.79 Å². The van der Waals surface area contributed by atoms with Crippen LogP contribution in [0.3, 0.4) is 0 Å². The second-order valence-corrected chi connectivity index (χ2v) is 3.55. The summed E-state index contributed by atoms with van der Waals surface area (Å²) in [6, 6.07) is 7.34. The molecule has 3 nitrogen and oxygen atoms in total. The van der Waals surface area contributed by atoms with Crippen LogP contribution in [0.15, 0.2) is 33.5 Å². The van der Waals surface area contributed by atoms with Gasteiger partial charge in [0.25, 0.3) is 0 Å². The molecule has 2 rings (SSSR count). The van der Waals surface area contributed by atoms with Crippen LogP contribution < -0.4 is 5.76 Å². The highest BCUT2D eigenvalue weighted by atomic mass is 35.5. The third-order valence-corrected chi connectivity index (χ3v) is 2.52. The molecule has 0 aliphatic rings. The van der Waals surface area contributed by atoms with E-state index in [0.29, 0.717) is 22.9 Å². The normalized spacial score (nSPS) is 10.5. The molecule has 0 aliphatic heterocycles. The number of benzene rings is 1. The predicted octanol–water partition coefficient (Wildman–Crippen LogP) is 2.85. The molecule has 0 unspecified atom stereocenters. The minimum Gasteiger partial charge on any atom is -0.412 e. The Kier molecular flexibility index (Phi) is 2.64. The summed E-state index contributed by atoms with van der Waals surface area (Å²) in [4.78, 5) is 13.7. The minimum absolute atomic E-state index is 0.443. The number of H-pyrrole nitrogens is 1. The maximum atomic E-state index is 11.1. The van der Waals surface area contributed by atoms with Gasteiger partial charge in [-0.05, 0) is 6.07 Å². The summed E-state index contributed by atoms with van der Waals surface area (Å²) < 4.78 is 5.00. The zero-order valence-electron chi connectivity index (χ0n) is 8.21. The van der Waals surface area contributed by atoms with Crippen molar-refractivity contribution in [1.29, 1.82) is 0 Å². The fraction of sp³-hybridized carbons (Fsp3) is 0.182. The van der Waals surface area contributed by atoms with Crippen LogP contribution in [0, 0.1) is 0 Å². The van der Waals surface area contributed by atoms with E-state index in [1.807, 2.05) is 25.1 Å². The van der Waals surface area contributed by atoms with Crippen molar-refractivity contribution in [2.24, 2.45) is 0 Å². The Morgan fingerprint density at radius 1 is 1.40 bits per heavy atom. The second-order valence-electron chi connectivity index (χ2n) is 3.15. The Morgan fingerprint density at radius 2 is 2.13 bits per heavy atom. The molecule has 0 saturated heterocycles. The Morgan fingerprint density at radius 3 is 2.80 bits per heavy atom. The molecule has 0 saturated carbocycles. The molecule has 1 heterocycles. The molecule has 0 bridgehead atoms. The van der Waals surface area contributed by atoms with Crippen LogP contribution in [-0.2, 0) is 6.42 Å². The molecule has 78 valence electrons. The molecule has 1 N–H and O–H groups in total. The average molecular weight is 224 g/mol. The standard InChI is InChI=1S/C11H10ClNO2/c1-2-9-10(13-11(14)15-9)7-5-3-4-6-8(7)12/h3-6H,2H2,1H3,(H,13,14). The first-order chi connectivity index (χ1) is 7.22. The largest absolute Gasteiger partial charge is 0.416 e. The molecule has 1 aromatic carbocycles. The van der Waals surface area contributed by atoms with E-state index in [0.717, 1.165) is 5.56 Å². The summed E-state index contributed by atoms with van der Waals surface area (Å²) >= 11 is 6.03. The van der Waals surface area contributed by atoms with E-state index in [1.54, 1.807) is 6.07 Å². The average Bonchev–Trinajstić information content (AvgIpc) is 2.60. The number of aromatic nitrogens is 1. The first kappa shape index (κ1) is 10.1. The molecule has 0 fully saturated rings. The molecule has 4 heteroatoms. The molecule has 15 heavy (non-hydrogen) atoms. The van der Waals surface area contributed by atoms with Crippen molar-refractivity contribution in [2.75, 3.05) is 0 Å². The molecule has 0 atom stereocenters. The van der Waals surface area contributed by atoms with E-state index in [4.69, 9.17) is 16.0 Å². The van der Waals surface area contributed by atoms with Crippen LogP contribution in [-0.4, -0.2) is 4.98 Å². The van der Waals surface area contributed by atoms with Crippen molar-refractivity contribution in [1.82, 2.24) is 4.98 Å². The lowest BCUT2D eigenvalue weighted by Crippen LogP contribution is -1.94. The molecule has 0 amide bonds. The number of rotatable bonds is 2. The van der Waals surface area contributed by atoms with Gasteiger partial charge in [0.05, 0.1) is 10.7 Å². The van der Waals surface area contributed by atoms with Crippen molar-refractivity contribution in [2.45, 2.75) is 13.3 Å². The molecule has 0 spiro atoms. The van der Waals surface area contributed by atoms with Crippen LogP contribution >= 0.6 is 11.6 Å². The van der Waals surface area contributed by atoms with Gasteiger partial charge in [0.1, 0.15) is 5.76 Å². The smallest absolute Gasteiger partial charge is 0.412 e. The molecular weight excluding hydrogens is 214 g/mol. The van der Waals surface area contributed by atoms with Gasteiger partial charge in [-0.25, -0.2) is 4.79 Å². The van der Waals surface area contributed by atoms with E-state index < -0.39 is 5.76 Å². The number of hydrogen-bond acceptors (Lipinski definition) is 2. The fourth-order valence-electron chi connectivity index (χ4n) is 1.49. The van der Waals surface area contributed by atoms with Gasteiger partial charge >= 0.3 is 5.76 Å². The van der Waals surface area contributed by atoms with Crippen LogP contribution in [0.4, 0.5) is 0 Å². The number of hydrogen-bond donors (Lipinski definition) is 1. The zero-order chi connectivity index (χ0) is 10.8. The van der Waals surface area contributed by atoms with Crippen LogP contribution in [0.5, 0.6) is 0 Å². The second kappa shape index (κ2) is 3.95. The maximum Gasteiger partial charge on any atom is 0.416 e. The molecule has 2 aromatic rings. The highest BCUT2D eigenvalue weighted by molar-refractivity contribution is 6.33. The summed E-state index contributed by atoms with van der Waals surface area (Å²) in [5.41, 5.74) is 1.47. The van der Waals surface area contributed by atoms with Crippen LogP contribution in [0.2, 0.25) is 5.02 Å². The van der Waals surface area contributed by atoms with Gasteiger partial charge in [0.15, 0.2) is 0 Å². The predicted molar refractivity (Wildman–Crippen MR) is 59.2 cm³/mol. The first-order valence-electron chi connectivity index (χ1n) is 4.69. The summed E-state index contributed by atoms with van der Waals surface area (Å²) in [7, 11) is 0.